The van der Waals surface area contributed by atoms with Crippen molar-refractivity contribution in [2.45, 2.75) is 20.0 Å². The van der Waals surface area contributed by atoms with Crippen molar-refractivity contribution in [1.29, 1.82) is 0 Å². The van der Waals surface area contributed by atoms with Gasteiger partial charge in [0, 0.05) is 20.9 Å². The van der Waals surface area contributed by atoms with Gasteiger partial charge >= 0.3 is 0 Å². The van der Waals surface area contributed by atoms with Crippen LogP contribution in [0.15, 0.2) is 27.1 Å². The zero-order chi connectivity index (χ0) is 18.5. The second-order valence-corrected chi connectivity index (χ2v) is 9.59. The second kappa shape index (κ2) is 8.61. The Labute approximate surface area is 158 Å². The molecule has 1 unspecified atom stereocenters. The molecule has 4 N–H and O–H groups in total. The first-order valence-corrected chi connectivity index (χ1v) is 10.2. The number of sulfonamides is 1. The maximum absolute atomic E-state index is 12.0. The molecule has 10 heteroatoms. The number of hydrogen-bond acceptors (Lipinski definition) is 5. The van der Waals surface area contributed by atoms with Crippen molar-refractivity contribution in [2.75, 3.05) is 23.6 Å². The Hall–Kier alpha value is -0.680. The number of amides is 1. The first kappa shape index (κ1) is 21.4. The van der Waals surface area contributed by atoms with Crippen LogP contribution in [0.25, 0.3) is 0 Å². The molecule has 1 rings (SSSR count). The third kappa shape index (κ3) is 6.67. The molecule has 0 aromatic heterocycles. The predicted octanol–water partition coefficient (Wildman–Crippen LogP) is 1.45. The van der Waals surface area contributed by atoms with Gasteiger partial charge in [0.25, 0.3) is 0 Å². The van der Waals surface area contributed by atoms with Crippen LogP contribution in [0.2, 0.25) is 0 Å². The van der Waals surface area contributed by atoms with Crippen LogP contribution in [0.1, 0.15) is 13.8 Å². The fourth-order valence-corrected chi connectivity index (χ4v) is 3.93. The summed E-state index contributed by atoms with van der Waals surface area (Å²) in [5.41, 5.74) is -0.631. The number of nitrogens with one attached hydrogen (secondary N) is 2. The first-order chi connectivity index (χ1) is 11.0. The van der Waals surface area contributed by atoms with Crippen LogP contribution < -0.4 is 10.0 Å². The first-order valence-electron chi connectivity index (χ1n) is 7.00. The molecule has 1 aromatic rings. The van der Waals surface area contributed by atoms with E-state index in [1.165, 1.54) is 13.8 Å². The molecule has 1 amide bonds. The highest BCUT2D eigenvalue weighted by Crippen LogP contribution is 2.24. The SMILES string of the molecule is CC(C)(CO)C(O)C(=O)NCCS(=O)(=O)Nc1cc(Br)cc(Br)c1. The molecule has 0 fully saturated rings. The van der Waals surface area contributed by atoms with Gasteiger partial charge in [-0.25, -0.2) is 8.42 Å². The molecule has 0 saturated heterocycles. The number of carbonyl (C=O) groups excluding carboxylic acids is 1. The lowest BCUT2D eigenvalue weighted by Crippen LogP contribution is -2.46. The number of carbonyl (C=O) groups is 1. The molecule has 0 aliphatic rings. The molecule has 0 aliphatic heterocycles. The summed E-state index contributed by atoms with van der Waals surface area (Å²) in [7, 11) is -3.67. The molecule has 0 aliphatic carbocycles. The van der Waals surface area contributed by atoms with E-state index in [0.717, 1.165) is 0 Å². The minimum absolute atomic E-state index is 0.165. The number of rotatable bonds is 8. The maximum atomic E-state index is 12.0. The average Bonchev–Trinajstić information content (AvgIpc) is 2.44. The highest BCUT2D eigenvalue weighted by atomic mass is 79.9. The van der Waals surface area contributed by atoms with E-state index in [2.05, 4.69) is 41.9 Å². The van der Waals surface area contributed by atoms with Crippen molar-refractivity contribution in [3.63, 3.8) is 0 Å². The lowest BCUT2D eigenvalue weighted by atomic mass is 9.87. The summed E-state index contributed by atoms with van der Waals surface area (Å²) in [6.07, 6.45) is -1.43. The third-order valence-electron chi connectivity index (χ3n) is 3.20. The standard InChI is InChI=1S/C14H20Br2N2O5S/c1-14(2,8-19)12(20)13(21)17-3-4-24(22,23)18-11-6-9(15)5-10(16)7-11/h5-7,12,18-20H,3-4,8H2,1-2H3,(H,17,21). The van der Waals surface area contributed by atoms with Gasteiger partial charge in [-0.15, -0.1) is 0 Å². The largest absolute Gasteiger partial charge is 0.396 e. The van der Waals surface area contributed by atoms with Crippen molar-refractivity contribution in [3.8, 4) is 0 Å². The summed E-state index contributed by atoms with van der Waals surface area (Å²) < 4.78 is 27.9. The maximum Gasteiger partial charge on any atom is 0.249 e. The van der Waals surface area contributed by atoms with Gasteiger partial charge in [0.2, 0.25) is 15.9 Å². The summed E-state index contributed by atoms with van der Waals surface area (Å²) in [4.78, 5) is 11.8. The van der Waals surface area contributed by atoms with E-state index in [-0.39, 0.29) is 18.9 Å². The van der Waals surface area contributed by atoms with Gasteiger partial charge in [-0.1, -0.05) is 45.7 Å². The van der Waals surface area contributed by atoms with E-state index < -0.39 is 27.4 Å². The minimum Gasteiger partial charge on any atom is -0.396 e. The van der Waals surface area contributed by atoms with E-state index in [1.54, 1.807) is 18.2 Å². The smallest absolute Gasteiger partial charge is 0.249 e. The van der Waals surface area contributed by atoms with Crippen LogP contribution in [-0.2, 0) is 14.8 Å². The summed E-state index contributed by atoms with van der Waals surface area (Å²) >= 11 is 6.53. The van der Waals surface area contributed by atoms with Crippen LogP contribution in [0, 0.1) is 5.41 Å². The summed E-state index contributed by atoms with van der Waals surface area (Å²) in [6, 6.07) is 4.98. The Balaban J connectivity index is 2.58. The molecule has 24 heavy (non-hydrogen) atoms. The Kier molecular flexibility index (Phi) is 7.67. The molecule has 1 aromatic carbocycles. The summed E-state index contributed by atoms with van der Waals surface area (Å²) in [6.45, 7) is 2.52. The number of aliphatic hydroxyl groups excluding tert-OH is 2. The molecule has 7 nitrogen and oxygen atoms in total. The molecule has 0 bridgehead atoms. The zero-order valence-electron chi connectivity index (χ0n) is 13.2. The Morgan fingerprint density at radius 1 is 1.25 bits per heavy atom. The van der Waals surface area contributed by atoms with E-state index in [9.17, 15) is 18.3 Å². The van der Waals surface area contributed by atoms with Crippen LogP contribution in [0.3, 0.4) is 0 Å². The average molecular weight is 488 g/mol. The zero-order valence-corrected chi connectivity index (χ0v) is 17.2. The van der Waals surface area contributed by atoms with Crippen LogP contribution >= 0.6 is 31.9 Å². The highest BCUT2D eigenvalue weighted by Gasteiger charge is 2.32. The van der Waals surface area contributed by atoms with E-state index in [4.69, 9.17) is 5.11 Å². The number of hydrogen-bond donors (Lipinski definition) is 4. The minimum atomic E-state index is -3.67. The van der Waals surface area contributed by atoms with E-state index in [1.807, 2.05) is 0 Å². The van der Waals surface area contributed by atoms with Crippen molar-refractivity contribution in [2.24, 2.45) is 5.41 Å². The van der Waals surface area contributed by atoms with Crippen LogP contribution in [0.4, 0.5) is 5.69 Å². The topological polar surface area (TPSA) is 116 Å². The molecule has 136 valence electrons. The molecule has 1 atom stereocenters. The van der Waals surface area contributed by atoms with Gasteiger partial charge < -0.3 is 15.5 Å². The van der Waals surface area contributed by atoms with Crippen molar-refractivity contribution in [1.82, 2.24) is 5.32 Å². The summed E-state index contributed by atoms with van der Waals surface area (Å²) in [5, 5.41) is 21.3. The molecule has 0 saturated carbocycles. The summed E-state index contributed by atoms with van der Waals surface area (Å²) in [5.74, 6) is -1.08. The lowest BCUT2D eigenvalue weighted by molar-refractivity contribution is -0.136. The fraction of sp³-hybridized carbons (Fsp3) is 0.500. The number of benzene rings is 1. The van der Waals surface area contributed by atoms with Crippen molar-refractivity contribution >= 4 is 53.5 Å². The van der Waals surface area contributed by atoms with Gasteiger partial charge in [-0.05, 0) is 18.2 Å². The van der Waals surface area contributed by atoms with Gasteiger partial charge in [-0.2, -0.15) is 0 Å². The molecule has 0 heterocycles. The second-order valence-electron chi connectivity index (χ2n) is 5.92. The predicted molar refractivity (Wildman–Crippen MR) is 99.1 cm³/mol. The normalized spacial score (nSPS) is 13.4. The molecular weight excluding hydrogens is 468 g/mol. The van der Waals surface area contributed by atoms with E-state index in [0.29, 0.717) is 14.6 Å². The van der Waals surface area contributed by atoms with Gasteiger partial charge in [0.05, 0.1) is 18.0 Å². The van der Waals surface area contributed by atoms with Gasteiger partial charge in [-0.3, -0.25) is 9.52 Å². The Bertz CT molecular complexity index is 674. The van der Waals surface area contributed by atoms with Gasteiger partial charge in [0.15, 0.2) is 0 Å². The number of anilines is 1. The van der Waals surface area contributed by atoms with Crippen LogP contribution in [0.5, 0.6) is 0 Å². The quantitative estimate of drug-likeness (QED) is 0.443. The number of halogens is 2. The third-order valence-corrected chi connectivity index (χ3v) is 5.41. The lowest BCUT2D eigenvalue weighted by Gasteiger charge is -2.27. The van der Waals surface area contributed by atoms with E-state index >= 15 is 0 Å². The molecular formula is C14H20Br2N2O5S. The van der Waals surface area contributed by atoms with Gasteiger partial charge in [0.1, 0.15) is 6.10 Å². The fourth-order valence-electron chi connectivity index (χ4n) is 1.69. The highest BCUT2D eigenvalue weighted by molar-refractivity contribution is 9.11. The van der Waals surface area contributed by atoms with Crippen molar-refractivity contribution in [3.05, 3.63) is 27.1 Å². The monoisotopic (exact) mass is 486 g/mol. The Morgan fingerprint density at radius 3 is 2.29 bits per heavy atom. The molecule has 0 spiro atoms. The van der Waals surface area contributed by atoms with Crippen LogP contribution in [-0.4, -0.2) is 49.5 Å². The number of aliphatic hydroxyl groups is 2. The molecule has 0 radical (unpaired) electrons. The van der Waals surface area contributed by atoms with Crippen molar-refractivity contribution < 1.29 is 23.4 Å². The Morgan fingerprint density at radius 2 is 1.79 bits per heavy atom.